The highest BCUT2D eigenvalue weighted by Crippen LogP contribution is 2.09. The van der Waals surface area contributed by atoms with E-state index in [1.807, 2.05) is 14.0 Å². The molecule has 0 unspecified atom stereocenters. The molecule has 0 aliphatic carbocycles. The molecule has 0 radical (unpaired) electrons. The molecule has 0 atom stereocenters. The van der Waals surface area contributed by atoms with E-state index in [1.54, 1.807) is 11.3 Å². The molecule has 72 valence electrons. The van der Waals surface area contributed by atoms with Gasteiger partial charge in [0.2, 0.25) is 0 Å². The van der Waals surface area contributed by atoms with Gasteiger partial charge in [0.25, 0.3) is 0 Å². The number of aromatic nitrogens is 1. The molecule has 0 bridgehead atoms. The van der Waals surface area contributed by atoms with Crippen molar-refractivity contribution in [2.45, 2.75) is 19.8 Å². The van der Waals surface area contributed by atoms with E-state index >= 15 is 0 Å². The molecule has 0 saturated heterocycles. The van der Waals surface area contributed by atoms with Gasteiger partial charge in [0, 0.05) is 17.5 Å². The summed E-state index contributed by atoms with van der Waals surface area (Å²) in [4.78, 5) is 4.38. The van der Waals surface area contributed by atoms with Crippen LogP contribution in [0.1, 0.15) is 17.1 Å². The molecule has 1 aromatic rings. The van der Waals surface area contributed by atoms with Gasteiger partial charge in [-0.1, -0.05) is 12.2 Å². The quantitative estimate of drug-likeness (QED) is 0.576. The fraction of sp³-hybridized carbons (Fsp3) is 0.500. The summed E-state index contributed by atoms with van der Waals surface area (Å²) in [7, 11) is 1.97. The second-order valence-corrected chi connectivity index (χ2v) is 3.89. The van der Waals surface area contributed by atoms with Gasteiger partial charge in [-0.25, -0.2) is 4.98 Å². The van der Waals surface area contributed by atoms with Gasteiger partial charge in [-0.15, -0.1) is 11.3 Å². The Hall–Kier alpha value is -0.670. The molecule has 0 amide bonds. The monoisotopic (exact) mass is 196 g/mol. The molecule has 0 spiro atoms. The summed E-state index contributed by atoms with van der Waals surface area (Å²) in [6, 6.07) is 0. The van der Waals surface area contributed by atoms with Crippen molar-refractivity contribution < 1.29 is 0 Å². The maximum Gasteiger partial charge on any atom is 0.0965 e. The van der Waals surface area contributed by atoms with Gasteiger partial charge in [0.1, 0.15) is 0 Å². The molecule has 2 nitrogen and oxygen atoms in total. The lowest BCUT2D eigenvalue weighted by Crippen LogP contribution is -2.05. The Kier molecular flexibility index (Phi) is 4.72. The fourth-order valence-corrected chi connectivity index (χ4v) is 1.77. The summed E-state index contributed by atoms with van der Waals surface area (Å²) in [6.07, 6.45) is 6.46. The first kappa shape index (κ1) is 10.4. The minimum absolute atomic E-state index is 0.974. The summed E-state index contributed by atoms with van der Waals surface area (Å²) in [5.41, 5.74) is 1.13. The molecule has 0 aliphatic rings. The number of hydrogen-bond acceptors (Lipinski definition) is 3. The molecule has 1 heterocycles. The van der Waals surface area contributed by atoms with E-state index < -0.39 is 0 Å². The maximum absolute atomic E-state index is 4.38. The molecule has 1 aromatic heterocycles. The van der Waals surface area contributed by atoms with Gasteiger partial charge < -0.3 is 5.32 Å². The van der Waals surface area contributed by atoms with E-state index in [-0.39, 0.29) is 0 Å². The summed E-state index contributed by atoms with van der Waals surface area (Å²) < 4.78 is 0. The summed E-state index contributed by atoms with van der Waals surface area (Å²) >= 11 is 1.74. The molecule has 1 rings (SSSR count). The minimum Gasteiger partial charge on any atom is -0.319 e. The van der Waals surface area contributed by atoms with Crippen molar-refractivity contribution in [2.75, 3.05) is 13.6 Å². The average Bonchev–Trinajstić information content (AvgIpc) is 2.51. The van der Waals surface area contributed by atoms with Crippen LogP contribution in [0, 0.1) is 6.92 Å². The van der Waals surface area contributed by atoms with Crippen molar-refractivity contribution in [3.8, 4) is 0 Å². The van der Waals surface area contributed by atoms with Crippen LogP contribution in [-0.2, 0) is 6.42 Å². The zero-order valence-corrected chi connectivity index (χ0v) is 9.03. The predicted molar refractivity (Wildman–Crippen MR) is 58.2 cm³/mol. The van der Waals surface area contributed by atoms with Crippen molar-refractivity contribution in [1.29, 1.82) is 0 Å². The van der Waals surface area contributed by atoms with E-state index in [0.29, 0.717) is 0 Å². The van der Waals surface area contributed by atoms with Crippen LogP contribution in [0.2, 0.25) is 0 Å². The lowest BCUT2D eigenvalue weighted by atomic mass is 10.3. The second kappa shape index (κ2) is 5.89. The van der Waals surface area contributed by atoms with Crippen LogP contribution >= 0.6 is 11.3 Å². The Bertz CT molecular complexity index is 266. The molecule has 0 saturated carbocycles. The van der Waals surface area contributed by atoms with Crippen LogP contribution in [-0.4, -0.2) is 18.6 Å². The molecule has 0 aliphatic heterocycles. The van der Waals surface area contributed by atoms with E-state index in [9.17, 15) is 0 Å². The Balaban J connectivity index is 2.22. The number of rotatable bonds is 5. The molecule has 1 N–H and O–H groups in total. The van der Waals surface area contributed by atoms with Crippen molar-refractivity contribution >= 4 is 11.3 Å². The van der Waals surface area contributed by atoms with Gasteiger partial charge in [-0.2, -0.15) is 0 Å². The van der Waals surface area contributed by atoms with Crippen LogP contribution < -0.4 is 5.32 Å². The van der Waals surface area contributed by atoms with Crippen LogP contribution in [0.5, 0.6) is 0 Å². The summed E-state index contributed by atoms with van der Waals surface area (Å²) in [5, 5.41) is 6.41. The first-order chi connectivity index (χ1) is 6.33. The van der Waals surface area contributed by atoms with Crippen LogP contribution in [0.15, 0.2) is 17.5 Å². The Morgan fingerprint density at radius 3 is 3.00 bits per heavy atom. The molecule has 13 heavy (non-hydrogen) atoms. The van der Waals surface area contributed by atoms with Gasteiger partial charge in [-0.05, 0) is 26.9 Å². The Morgan fingerprint density at radius 2 is 2.38 bits per heavy atom. The zero-order valence-electron chi connectivity index (χ0n) is 8.21. The number of thiazole rings is 1. The normalized spacial score (nSPS) is 11.2. The summed E-state index contributed by atoms with van der Waals surface area (Å²) in [5.74, 6) is 0. The average molecular weight is 196 g/mol. The third-order valence-electron chi connectivity index (χ3n) is 1.69. The number of nitrogens with zero attached hydrogens (tertiary/aromatic N) is 1. The highest BCUT2D eigenvalue weighted by Gasteiger charge is 1.93. The van der Waals surface area contributed by atoms with Gasteiger partial charge in [-0.3, -0.25) is 0 Å². The number of hydrogen-bond donors (Lipinski definition) is 1. The van der Waals surface area contributed by atoms with E-state index in [0.717, 1.165) is 25.1 Å². The van der Waals surface area contributed by atoms with Crippen LogP contribution in [0.4, 0.5) is 0 Å². The summed E-state index contributed by atoms with van der Waals surface area (Å²) in [6.45, 7) is 3.08. The van der Waals surface area contributed by atoms with Crippen molar-refractivity contribution in [3.05, 3.63) is 28.2 Å². The molecular formula is C10H16N2S. The largest absolute Gasteiger partial charge is 0.319 e. The standard InChI is InChI=1S/C10H16N2S/c1-9-8-13-10(12-9)6-4-3-5-7-11-2/h3-4,8,11H,5-7H2,1-2H3. The van der Waals surface area contributed by atoms with Gasteiger partial charge in [0.15, 0.2) is 0 Å². The number of aryl methyl sites for hydroxylation is 1. The first-order valence-electron chi connectivity index (χ1n) is 4.53. The molecular weight excluding hydrogens is 180 g/mol. The zero-order chi connectivity index (χ0) is 9.52. The SMILES string of the molecule is CNCCC=CCc1nc(C)cs1. The number of nitrogens with one attached hydrogen (secondary N) is 1. The third-order valence-corrected chi connectivity index (χ3v) is 2.68. The molecule has 0 fully saturated rings. The smallest absolute Gasteiger partial charge is 0.0965 e. The number of allylic oxidation sites excluding steroid dienone is 1. The Morgan fingerprint density at radius 1 is 1.54 bits per heavy atom. The highest BCUT2D eigenvalue weighted by atomic mass is 32.1. The topological polar surface area (TPSA) is 24.9 Å². The van der Waals surface area contributed by atoms with Crippen molar-refractivity contribution in [1.82, 2.24) is 10.3 Å². The van der Waals surface area contributed by atoms with E-state index in [1.165, 1.54) is 5.01 Å². The van der Waals surface area contributed by atoms with Gasteiger partial charge >= 0.3 is 0 Å². The van der Waals surface area contributed by atoms with Gasteiger partial charge in [0.05, 0.1) is 5.01 Å². The van der Waals surface area contributed by atoms with E-state index in [2.05, 4.69) is 27.8 Å². The lowest BCUT2D eigenvalue weighted by Gasteiger charge is -1.90. The fourth-order valence-electron chi connectivity index (χ4n) is 1.03. The van der Waals surface area contributed by atoms with Crippen molar-refractivity contribution in [3.63, 3.8) is 0 Å². The van der Waals surface area contributed by atoms with E-state index in [4.69, 9.17) is 0 Å². The second-order valence-electron chi connectivity index (χ2n) is 2.95. The predicted octanol–water partition coefficient (Wildman–Crippen LogP) is 2.16. The minimum atomic E-state index is 0.974. The van der Waals surface area contributed by atoms with Crippen LogP contribution in [0.3, 0.4) is 0 Å². The first-order valence-corrected chi connectivity index (χ1v) is 5.41. The Labute approximate surface area is 83.7 Å². The third kappa shape index (κ3) is 4.20. The lowest BCUT2D eigenvalue weighted by molar-refractivity contribution is 0.806. The maximum atomic E-state index is 4.38. The van der Waals surface area contributed by atoms with Crippen molar-refractivity contribution in [2.24, 2.45) is 0 Å². The highest BCUT2D eigenvalue weighted by molar-refractivity contribution is 7.09. The molecule has 3 heteroatoms. The van der Waals surface area contributed by atoms with Crippen LogP contribution in [0.25, 0.3) is 0 Å². The molecule has 0 aromatic carbocycles.